The fourth-order valence-corrected chi connectivity index (χ4v) is 3.30. The Kier molecular flexibility index (Phi) is 6.95. The van der Waals surface area contributed by atoms with E-state index in [0.29, 0.717) is 15.2 Å². The normalized spacial score (nSPS) is 11.3. The summed E-state index contributed by atoms with van der Waals surface area (Å²) in [6.45, 7) is -3.50. The van der Waals surface area contributed by atoms with Gasteiger partial charge in [0.05, 0.1) is 7.11 Å². The van der Waals surface area contributed by atoms with Crippen LogP contribution in [0.3, 0.4) is 0 Å². The number of thiazole rings is 1. The molecule has 2 amide bonds. The zero-order chi connectivity index (χ0) is 21.7. The van der Waals surface area contributed by atoms with E-state index < -0.39 is 24.2 Å². The number of carbonyl (C=O) groups is 1. The van der Waals surface area contributed by atoms with Gasteiger partial charge in [0.2, 0.25) is 5.88 Å². The number of nitrogens with zero attached hydrogens (tertiary/aromatic N) is 4. The van der Waals surface area contributed by atoms with E-state index in [9.17, 15) is 22.4 Å². The van der Waals surface area contributed by atoms with Crippen molar-refractivity contribution in [2.45, 2.75) is 13.1 Å². The number of halogens is 4. The largest absolute Gasteiger partial charge is 0.479 e. The molecule has 30 heavy (non-hydrogen) atoms. The Bertz CT molecular complexity index is 1030. The third kappa shape index (κ3) is 5.30. The first-order valence-electron chi connectivity index (χ1n) is 8.54. The zero-order valence-corrected chi connectivity index (χ0v) is 16.4. The van der Waals surface area contributed by atoms with Gasteiger partial charge in [-0.15, -0.1) is 0 Å². The minimum absolute atomic E-state index is 0.117. The molecular formula is C17H16F4N6O2S. The topological polar surface area (TPSA) is 92.3 Å². The molecule has 160 valence electrons. The molecule has 0 unspecified atom stereocenters. The molecule has 0 bridgehead atoms. The first-order valence-corrected chi connectivity index (χ1v) is 9.35. The smallest absolute Gasteiger partial charge is 0.321 e. The Labute approximate surface area is 171 Å². The molecule has 0 atom stereocenters. The standard InChI is InChI=1S/C17H16F4N6O2S/c1-29-13-12-14(24-8-23-13)30-17(25-12)26-16(28)22-4-5-27(15(20)21)7-9-2-3-10(18)11(19)6-9/h2-3,6,8,15H,4-5,7H2,1H3,(H2,22,25,26,28). The maximum Gasteiger partial charge on any atom is 0.321 e. The molecule has 3 aromatic rings. The van der Waals surface area contributed by atoms with Crippen LogP contribution >= 0.6 is 11.3 Å². The number of aromatic nitrogens is 3. The van der Waals surface area contributed by atoms with E-state index in [-0.39, 0.29) is 36.2 Å². The molecule has 0 saturated heterocycles. The lowest BCUT2D eigenvalue weighted by atomic mass is 10.2. The quantitative estimate of drug-likeness (QED) is 0.410. The second kappa shape index (κ2) is 9.63. The average Bonchev–Trinajstić information content (AvgIpc) is 3.12. The SMILES string of the molecule is COc1ncnc2sc(NC(=O)NCCN(Cc3ccc(F)c(F)c3)C(F)F)nc12. The van der Waals surface area contributed by atoms with Crippen LogP contribution in [0.25, 0.3) is 10.3 Å². The van der Waals surface area contributed by atoms with Gasteiger partial charge >= 0.3 is 6.03 Å². The number of methoxy groups -OCH3 is 1. The minimum Gasteiger partial charge on any atom is -0.479 e. The molecule has 2 N–H and O–H groups in total. The summed E-state index contributed by atoms with van der Waals surface area (Å²) >= 11 is 1.09. The highest BCUT2D eigenvalue weighted by Crippen LogP contribution is 2.28. The van der Waals surface area contributed by atoms with Crippen molar-refractivity contribution in [2.24, 2.45) is 0 Å². The summed E-state index contributed by atoms with van der Waals surface area (Å²) < 4.78 is 57.7. The Hall–Kier alpha value is -3.06. The van der Waals surface area contributed by atoms with Gasteiger partial charge in [0.1, 0.15) is 6.33 Å². The van der Waals surface area contributed by atoms with Crippen LogP contribution < -0.4 is 15.4 Å². The highest BCUT2D eigenvalue weighted by atomic mass is 32.1. The van der Waals surface area contributed by atoms with Crippen LogP contribution in [0.2, 0.25) is 0 Å². The van der Waals surface area contributed by atoms with Gasteiger partial charge in [-0.05, 0) is 17.7 Å². The summed E-state index contributed by atoms with van der Waals surface area (Å²) in [6, 6.07) is 2.30. The van der Waals surface area contributed by atoms with Crippen molar-refractivity contribution < 1.29 is 27.1 Å². The van der Waals surface area contributed by atoms with Crippen molar-refractivity contribution >= 4 is 32.8 Å². The third-order valence-electron chi connectivity index (χ3n) is 3.91. The van der Waals surface area contributed by atoms with Gasteiger partial charge in [0, 0.05) is 19.6 Å². The van der Waals surface area contributed by atoms with E-state index in [4.69, 9.17) is 4.74 Å². The van der Waals surface area contributed by atoms with E-state index in [1.807, 2.05) is 0 Å². The van der Waals surface area contributed by atoms with E-state index in [1.54, 1.807) is 0 Å². The fraction of sp³-hybridized carbons (Fsp3) is 0.294. The molecule has 3 rings (SSSR count). The molecule has 13 heteroatoms. The van der Waals surface area contributed by atoms with Gasteiger partial charge in [-0.25, -0.2) is 28.4 Å². The molecular weight excluding hydrogens is 428 g/mol. The molecule has 8 nitrogen and oxygen atoms in total. The van der Waals surface area contributed by atoms with E-state index >= 15 is 0 Å². The number of anilines is 1. The number of carbonyl (C=O) groups excluding carboxylic acids is 1. The summed E-state index contributed by atoms with van der Waals surface area (Å²) in [4.78, 5) is 25.3. The van der Waals surface area contributed by atoms with Crippen molar-refractivity contribution in [1.29, 1.82) is 0 Å². The molecule has 0 fully saturated rings. The maximum absolute atomic E-state index is 13.3. The van der Waals surface area contributed by atoms with Crippen molar-refractivity contribution in [3.05, 3.63) is 41.7 Å². The fourth-order valence-electron chi connectivity index (χ4n) is 2.51. The van der Waals surface area contributed by atoms with Gasteiger partial charge in [-0.2, -0.15) is 13.8 Å². The monoisotopic (exact) mass is 444 g/mol. The number of benzene rings is 1. The number of amides is 2. The lowest BCUT2D eigenvalue weighted by Gasteiger charge is -2.21. The highest BCUT2D eigenvalue weighted by molar-refractivity contribution is 7.22. The molecule has 0 aliphatic carbocycles. The van der Waals surface area contributed by atoms with Crippen LogP contribution in [0.4, 0.5) is 27.5 Å². The van der Waals surface area contributed by atoms with Crippen molar-refractivity contribution in [2.75, 3.05) is 25.5 Å². The van der Waals surface area contributed by atoms with Crippen LogP contribution in [0.5, 0.6) is 5.88 Å². The highest BCUT2D eigenvalue weighted by Gasteiger charge is 2.18. The molecule has 1 aromatic carbocycles. The Morgan fingerprint density at radius 1 is 1.27 bits per heavy atom. The van der Waals surface area contributed by atoms with Crippen LogP contribution in [-0.2, 0) is 6.54 Å². The van der Waals surface area contributed by atoms with Gasteiger partial charge in [-0.3, -0.25) is 5.32 Å². The second-order valence-electron chi connectivity index (χ2n) is 5.93. The summed E-state index contributed by atoms with van der Waals surface area (Å²) in [5.41, 5.74) is 0.568. The first kappa shape index (κ1) is 21.6. The van der Waals surface area contributed by atoms with Gasteiger partial charge in [0.15, 0.2) is 27.1 Å². The Morgan fingerprint density at radius 3 is 2.77 bits per heavy atom. The Balaban J connectivity index is 1.53. The van der Waals surface area contributed by atoms with Crippen LogP contribution in [0.1, 0.15) is 5.56 Å². The summed E-state index contributed by atoms with van der Waals surface area (Å²) in [6.07, 6.45) is 1.30. The lowest BCUT2D eigenvalue weighted by Crippen LogP contribution is -2.38. The number of fused-ring (bicyclic) bond motifs is 1. The van der Waals surface area contributed by atoms with Crippen molar-refractivity contribution in [3.8, 4) is 5.88 Å². The van der Waals surface area contributed by atoms with E-state index in [2.05, 4.69) is 25.6 Å². The van der Waals surface area contributed by atoms with E-state index in [1.165, 1.54) is 19.5 Å². The predicted molar refractivity (Wildman–Crippen MR) is 102 cm³/mol. The molecule has 0 aliphatic rings. The van der Waals surface area contributed by atoms with Gasteiger partial charge in [-0.1, -0.05) is 17.4 Å². The van der Waals surface area contributed by atoms with Gasteiger partial charge in [0.25, 0.3) is 6.55 Å². The first-order chi connectivity index (χ1) is 14.4. The summed E-state index contributed by atoms with van der Waals surface area (Å²) in [5.74, 6) is -1.91. The molecule has 2 heterocycles. The second-order valence-corrected chi connectivity index (χ2v) is 6.91. The van der Waals surface area contributed by atoms with Crippen molar-refractivity contribution in [1.82, 2.24) is 25.2 Å². The minimum atomic E-state index is -2.85. The van der Waals surface area contributed by atoms with E-state index in [0.717, 1.165) is 23.5 Å². The molecule has 0 spiro atoms. The summed E-state index contributed by atoms with van der Waals surface area (Å²) in [7, 11) is 1.43. The Morgan fingerprint density at radius 2 is 2.07 bits per heavy atom. The number of nitrogens with one attached hydrogen (secondary N) is 2. The molecule has 2 aromatic heterocycles. The number of hydrogen-bond acceptors (Lipinski definition) is 7. The van der Waals surface area contributed by atoms with Gasteiger partial charge < -0.3 is 10.1 Å². The average molecular weight is 444 g/mol. The number of urea groups is 1. The lowest BCUT2D eigenvalue weighted by molar-refractivity contribution is -0.0314. The van der Waals surface area contributed by atoms with Crippen LogP contribution in [0, 0.1) is 11.6 Å². The number of alkyl halides is 2. The third-order valence-corrected chi connectivity index (χ3v) is 4.78. The molecule has 0 aliphatic heterocycles. The number of hydrogen-bond donors (Lipinski definition) is 2. The number of ether oxygens (including phenoxy) is 1. The zero-order valence-electron chi connectivity index (χ0n) is 15.5. The summed E-state index contributed by atoms with van der Waals surface area (Å²) in [5, 5.41) is 5.15. The maximum atomic E-state index is 13.3. The van der Waals surface area contributed by atoms with Crippen molar-refractivity contribution in [3.63, 3.8) is 0 Å². The van der Waals surface area contributed by atoms with Crippen LogP contribution in [-0.4, -0.2) is 52.6 Å². The number of rotatable bonds is 8. The molecule has 0 radical (unpaired) electrons. The molecule has 0 saturated carbocycles. The van der Waals surface area contributed by atoms with Crippen LogP contribution in [0.15, 0.2) is 24.5 Å². The predicted octanol–water partition coefficient (Wildman–Crippen LogP) is 3.22.